The van der Waals surface area contributed by atoms with Gasteiger partial charge in [0, 0.05) is 38.6 Å². The Hall–Kier alpha value is -1.88. The number of nitrogens with zero attached hydrogens (tertiary/aromatic N) is 1. The van der Waals surface area contributed by atoms with E-state index in [1.807, 2.05) is 42.2 Å². The Morgan fingerprint density at radius 1 is 1.38 bits per heavy atom. The molecule has 0 aromatic heterocycles. The van der Waals surface area contributed by atoms with E-state index in [0.29, 0.717) is 32.7 Å². The molecule has 0 aliphatic carbocycles. The maximum absolute atomic E-state index is 12.0. The molecule has 1 aliphatic heterocycles. The van der Waals surface area contributed by atoms with Gasteiger partial charge in [-0.25, -0.2) is 0 Å². The van der Waals surface area contributed by atoms with Crippen molar-refractivity contribution in [2.24, 2.45) is 5.92 Å². The second-order valence-corrected chi connectivity index (χ2v) is 5.27. The number of likely N-dealkylation sites (tertiary alicyclic amines) is 1. The third-order valence-corrected chi connectivity index (χ3v) is 3.54. The van der Waals surface area contributed by atoms with Crippen molar-refractivity contribution in [1.82, 2.24) is 10.2 Å². The molecule has 0 spiro atoms. The molecule has 2 amide bonds. The third-order valence-electron chi connectivity index (χ3n) is 3.54. The van der Waals surface area contributed by atoms with Crippen molar-refractivity contribution < 1.29 is 14.3 Å². The molecule has 5 nitrogen and oxygen atoms in total. The second kappa shape index (κ2) is 7.78. The summed E-state index contributed by atoms with van der Waals surface area (Å²) in [6.07, 6.45) is 0.502. The van der Waals surface area contributed by atoms with Crippen LogP contribution < -0.4 is 5.32 Å². The number of carbonyl (C=O) groups is 2. The highest BCUT2D eigenvalue weighted by atomic mass is 16.5. The predicted octanol–water partition coefficient (Wildman–Crippen LogP) is 1.19. The van der Waals surface area contributed by atoms with Gasteiger partial charge in [-0.3, -0.25) is 9.59 Å². The minimum Gasteiger partial charge on any atom is -0.372 e. The zero-order valence-electron chi connectivity index (χ0n) is 12.4. The average molecular weight is 290 g/mol. The Kier molecular flexibility index (Phi) is 5.75. The minimum absolute atomic E-state index is 0.0882. The summed E-state index contributed by atoms with van der Waals surface area (Å²) in [4.78, 5) is 25.3. The van der Waals surface area contributed by atoms with Crippen molar-refractivity contribution in [3.63, 3.8) is 0 Å². The molecule has 5 heteroatoms. The molecule has 114 valence electrons. The molecule has 0 bridgehead atoms. The van der Waals surface area contributed by atoms with Crippen LogP contribution in [0.15, 0.2) is 30.3 Å². The fraction of sp³-hybridized carbons (Fsp3) is 0.500. The highest BCUT2D eigenvalue weighted by Gasteiger charge is 2.29. The van der Waals surface area contributed by atoms with Crippen molar-refractivity contribution in [3.05, 3.63) is 35.9 Å². The summed E-state index contributed by atoms with van der Waals surface area (Å²) in [5.41, 5.74) is 1.13. The molecule has 1 atom stereocenters. The Morgan fingerprint density at radius 3 is 2.86 bits per heavy atom. The molecule has 1 N–H and O–H groups in total. The van der Waals surface area contributed by atoms with Crippen molar-refractivity contribution >= 4 is 11.8 Å². The Balaban J connectivity index is 1.76. The second-order valence-electron chi connectivity index (χ2n) is 5.27. The molecule has 1 aromatic carbocycles. The molecular formula is C16H22N2O3. The molecule has 1 fully saturated rings. The van der Waals surface area contributed by atoms with Gasteiger partial charge in [-0.1, -0.05) is 30.3 Å². The summed E-state index contributed by atoms with van der Waals surface area (Å²) in [7, 11) is 0. The molecule has 0 radical (unpaired) electrons. The van der Waals surface area contributed by atoms with E-state index < -0.39 is 0 Å². The van der Waals surface area contributed by atoms with Crippen molar-refractivity contribution in [1.29, 1.82) is 0 Å². The summed E-state index contributed by atoms with van der Waals surface area (Å²) in [6, 6.07) is 9.95. The monoisotopic (exact) mass is 290 g/mol. The van der Waals surface area contributed by atoms with Gasteiger partial charge in [0.25, 0.3) is 0 Å². The van der Waals surface area contributed by atoms with E-state index in [1.54, 1.807) is 0 Å². The van der Waals surface area contributed by atoms with Gasteiger partial charge in [0.05, 0.1) is 0 Å². The van der Waals surface area contributed by atoms with E-state index in [-0.39, 0.29) is 24.3 Å². The molecular weight excluding hydrogens is 268 g/mol. The summed E-state index contributed by atoms with van der Waals surface area (Å²) >= 11 is 0. The van der Waals surface area contributed by atoms with Gasteiger partial charge < -0.3 is 15.0 Å². The number of rotatable bonds is 7. The lowest BCUT2D eigenvalue weighted by molar-refractivity contribution is -0.128. The van der Waals surface area contributed by atoms with Crippen LogP contribution in [0.2, 0.25) is 0 Å². The van der Waals surface area contributed by atoms with Crippen LogP contribution in [-0.4, -0.2) is 43.0 Å². The number of hydrogen-bond acceptors (Lipinski definition) is 3. The number of hydrogen-bond donors (Lipinski definition) is 1. The van der Waals surface area contributed by atoms with Gasteiger partial charge in [-0.05, 0) is 12.5 Å². The van der Waals surface area contributed by atoms with Gasteiger partial charge in [0.1, 0.15) is 6.61 Å². The lowest BCUT2D eigenvalue weighted by Crippen LogP contribution is -2.33. The van der Waals surface area contributed by atoms with Gasteiger partial charge in [-0.15, -0.1) is 0 Å². The molecule has 2 rings (SSSR count). The Morgan fingerprint density at radius 2 is 2.14 bits per heavy atom. The molecule has 1 saturated heterocycles. The van der Waals surface area contributed by atoms with E-state index in [9.17, 15) is 9.59 Å². The van der Waals surface area contributed by atoms with Crippen molar-refractivity contribution in [2.45, 2.75) is 19.9 Å². The van der Waals surface area contributed by atoms with E-state index in [2.05, 4.69) is 5.32 Å². The van der Waals surface area contributed by atoms with Gasteiger partial charge >= 0.3 is 0 Å². The highest BCUT2D eigenvalue weighted by Crippen LogP contribution is 2.19. The summed E-state index contributed by atoms with van der Waals surface area (Å²) in [5.74, 6) is 0.223. The number of amides is 2. The first kappa shape index (κ1) is 15.5. The largest absolute Gasteiger partial charge is 0.372 e. The summed E-state index contributed by atoms with van der Waals surface area (Å²) in [6.45, 7) is 4.34. The van der Waals surface area contributed by atoms with Gasteiger partial charge in [0.15, 0.2) is 0 Å². The zero-order valence-corrected chi connectivity index (χ0v) is 12.4. The van der Waals surface area contributed by atoms with Crippen LogP contribution in [0.3, 0.4) is 0 Å². The standard InChI is InChI=1S/C16H22N2O3/c1-2-21-12-15(19)17-9-14-8-16(20)18(11-14)10-13-6-4-3-5-7-13/h3-7,14H,2,8-12H2,1H3,(H,17,19). The summed E-state index contributed by atoms with van der Waals surface area (Å²) in [5, 5.41) is 2.82. The Bertz CT molecular complexity index is 476. The quantitative estimate of drug-likeness (QED) is 0.820. The predicted molar refractivity (Wildman–Crippen MR) is 79.5 cm³/mol. The molecule has 1 aliphatic rings. The molecule has 0 saturated carbocycles. The minimum atomic E-state index is -0.120. The molecule has 1 heterocycles. The van der Waals surface area contributed by atoms with E-state index >= 15 is 0 Å². The third kappa shape index (κ3) is 4.86. The topological polar surface area (TPSA) is 58.6 Å². The number of carbonyl (C=O) groups excluding carboxylic acids is 2. The first-order valence-corrected chi connectivity index (χ1v) is 7.35. The maximum Gasteiger partial charge on any atom is 0.246 e. The molecule has 1 unspecified atom stereocenters. The first-order valence-electron chi connectivity index (χ1n) is 7.35. The Labute approximate surface area is 125 Å². The SMILES string of the molecule is CCOCC(=O)NCC1CC(=O)N(Cc2ccccc2)C1. The molecule has 1 aromatic rings. The fourth-order valence-electron chi connectivity index (χ4n) is 2.45. The average Bonchev–Trinajstić information content (AvgIpc) is 2.84. The van der Waals surface area contributed by atoms with Gasteiger partial charge in [0.2, 0.25) is 11.8 Å². The van der Waals surface area contributed by atoms with Crippen LogP contribution in [0.25, 0.3) is 0 Å². The van der Waals surface area contributed by atoms with E-state index in [4.69, 9.17) is 4.74 Å². The van der Waals surface area contributed by atoms with Crippen LogP contribution in [0.4, 0.5) is 0 Å². The summed E-state index contributed by atoms with van der Waals surface area (Å²) < 4.78 is 5.04. The van der Waals surface area contributed by atoms with Crippen LogP contribution in [0.5, 0.6) is 0 Å². The normalized spacial score (nSPS) is 18.0. The smallest absolute Gasteiger partial charge is 0.246 e. The van der Waals surface area contributed by atoms with Gasteiger partial charge in [-0.2, -0.15) is 0 Å². The fourth-order valence-corrected chi connectivity index (χ4v) is 2.45. The lowest BCUT2D eigenvalue weighted by Gasteiger charge is -2.17. The number of benzene rings is 1. The van der Waals surface area contributed by atoms with E-state index in [1.165, 1.54) is 0 Å². The zero-order chi connectivity index (χ0) is 15.1. The van der Waals surface area contributed by atoms with Crippen LogP contribution in [0.1, 0.15) is 18.9 Å². The van der Waals surface area contributed by atoms with Crippen LogP contribution in [-0.2, 0) is 20.9 Å². The number of nitrogens with one attached hydrogen (secondary N) is 1. The van der Waals surface area contributed by atoms with Crippen molar-refractivity contribution in [3.8, 4) is 0 Å². The lowest BCUT2D eigenvalue weighted by atomic mass is 10.1. The molecule has 21 heavy (non-hydrogen) atoms. The van der Waals surface area contributed by atoms with E-state index in [0.717, 1.165) is 5.56 Å². The van der Waals surface area contributed by atoms with Crippen LogP contribution in [0, 0.1) is 5.92 Å². The maximum atomic E-state index is 12.0. The van der Waals surface area contributed by atoms with Crippen LogP contribution >= 0.6 is 0 Å². The first-order chi connectivity index (χ1) is 10.2. The van der Waals surface area contributed by atoms with Crippen molar-refractivity contribution in [2.75, 3.05) is 26.3 Å². The number of ether oxygens (including phenoxy) is 1. The highest BCUT2D eigenvalue weighted by molar-refractivity contribution is 5.79.